The van der Waals surface area contributed by atoms with Gasteiger partial charge in [0.25, 0.3) is 0 Å². The molecule has 0 aromatic carbocycles. The standard InChI is InChI=1S/C65H119NO13/c1-3-5-7-9-11-13-15-17-19-20-21-22-23-24-25-26-27-28-29-30-31-32-33-34-35-37-39-41-43-45-47-49-57(70)66-53(54(69)48-46-44-42-40-38-36-18-16-14-12-10-8-6-4-2)52-76-64-62(75)60(73)63(56(51-68)78-64)79-65-61(74)59(72)58(71)55(50-67)77-65/h14,16,20-21,38,40,46,48,53-56,58-65,67-69,71-75H,3-13,15,17-19,22-37,39,41-45,47,49-52H2,1-2H3,(H,66,70)/b16-14+,21-20-,40-38+,48-46+. The molecule has 79 heavy (non-hydrogen) atoms. The summed E-state index contributed by atoms with van der Waals surface area (Å²) < 4.78 is 22.8. The molecule has 1 amide bonds. The van der Waals surface area contributed by atoms with Gasteiger partial charge in [0.1, 0.15) is 48.8 Å². The average molecular weight is 1120 g/mol. The Bertz CT molecular complexity index is 1510. The topological polar surface area (TPSA) is 228 Å². The Morgan fingerprint density at radius 3 is 1.25 bits per heavy atom. The largest absolute Gasteiger partial charge is 0.394 e. The molecule has 462 valence electrons. The van der Waals surface area contributed by atoms with E-state index in [4.69, 9.17) is 18.9 Å². The summed E-state index contributed by atoms with van der Waals surface area (Å²) in [7, 11) is 0. The van der Waals surface area contributed by atoms with Gasteiger partial charge in [0.15, 0.2) is 12.6 Å². The van der Waals surface area contributed by atoms with Crippen molar-refractivity contribution in [3.8, 4) is 0 Å². The van der Waals surface area contributed by atoms with Gasteiger partial charge < -0.3 is 65.1 Å². The number of amides is 1. The Hall–Kier alpha value is -2.05. The van der Waals surface area contributed by atoms with Crippen molar-refractivity contribution in [3.63, 3.8) is 0 Å². The number of hydrogen-bond acceptors (Lipinski definition) is 13. The van der Waals surface area contributed by atoms with Gasteiger partial charge in [-0.05, 0) is 70.6 Å². The molecule has 2 saturated heterocycles. The van der Waals surface area contributed by atoms with Gasteiger partial charge in [-0.2, -0.15) is 0 Å². The molecule has 12 unspecified atom stereocenters. The second kappa shape index (κ2) is 50.5. The van der Waals surface area contributed by atoms with Crippen molar-refractivity contribution in [3.05, 3.63) is 48.6 Å². The van der Waals surface area contributed by atoms with E-state index in [9.17, 15) is 45.6 Å². The fourth-order valence-electron chi connectivity index (χ4n) is 10.5. The molecular formula is C65H119NO13. The lowest BCUT2D eigenvalue weighted by molar-refractivity contribution is -0.359. The fourth-order valence-corrected chi connectivity index (χ4v) is 10.5. The zero-order valence-corrected chi connectivity index (χ0v) is 49.9. The third kappa shape index (κ3) is 35.6. The number of aliphatic hydroxyl groups excluding tert-OH is 8. The minimum atomic E-state index is -1.79. The van der Waals surface area contributed by atoms with Crippen LogP contribution in [0.5, 0.6) is 0 Å². The summed E-state index contributed by atoms with van der Waals surface area (Å²) in [6, 6.07) is -0.937. The predicted octanol–water partition coefficient (Wildman–Crippen LogP) is 12.0. The van der Waals surface area contributed by atoms with Crippen LogP contribution in [0, 0.1) is 0 Å². The first-order valence-electron chi connectivity index (χ1n) is 32.4. The highest BCUT2D eigenvalue weighted by Gasteiger charge is 2.51. The quantitative estimate of drug-likeness (QED) is 0.0204. The first kappa shape index (κ1) is 73.1. The van der Waals surface area contributed by atoms with Gasteiger partial charge in [0, 0.05) is 6.42 Å². The third-order valence-corrected chi connectivity index (χ3v) is 15.7. The number of aliphatic hydroxyl groups is 8. The van der Waals surface area contributed by atoms with Crippen molar-refractivity contribution in [1.82, 2.24) is 5.32 Å². The van der Waals surface area contributed by atoms with Gasteiger partial charge in [-0.1, -0.05) is 236 Å². The van der Waals surface area contributed by atoms with Crippen LogP contribution in [-0.2, 0) is 23.7 Å². The lowest BCUT2D eigenvalue weighted by Gasteiger charge is -2.46. The molecule has 2 fully saturated rings. The van der Waals surface area contributed by atoms with E-state index >= 15 is 0 Å². The van der Waals surface area contributed by atoms with E-state index in [1.807, 2.05) is 6.08 Å². The minimum absolute atomic E-state index is 0.251. The summed E-state index contributed by atoms with van der Waals surface area (Å²) in [5.41, 5.74) is 0. The molecule has 14 heteroatoms. The number of hydrogen-bond donors (Lipinski definition) is 9. The first-order valence-corrected chi connectivity index (χ1v) is 32.4. The number of ether oxygens (including phenoxy) is 4. The van der Waals surface area contributed by atoms with Crippen molar-refractivity contribution in [2.45, 2.75) is 338 Å². The van der Waals surface area contributed by atoms with Crippen molar-refractivity contribution in [1.29, 1.82) is 0 Å². The zero-order chi connectivity index (χ0) is 57.4. The van der Waals surface area contributed by atoms with Crippen LogP contribution in [0.4, 0.5) is 0 Å². The zero-order valence-electron chi connectivity index (χ0n) is 49.9. The van der Waals surface area contributed by atoms with E-state index in [1.54, 1.807) is 6.08 Å². The lowest BCUT2D eigenvalue weighted by Crippen LogP contribution is -2.65. The van der Waals surface area contributed by atoms with Crippen LogP contribution in [0.15, 0.2) is 48.6 Å². The third-order valence-electron chi connectivity index (χ3n) is 15.7. The molecule has 9 N–H and O–H groups in total. The normalized spacial score (nSPS) is 24.7. The minimum Gasteiger partial charge on any atom is -0.394 e. The van der Waals surface area contributed by atoms with Crippen molar-refractivity contribution < 1.29 is 64.6 Å². The van der Waals surface area contributed by atoms with Gasteiger partial charge in [-0.25, -0.2) is 0 Å². The summed E-state index contributed by atoms with van der Waals surface area (Å²) in [6.07, 6.45) is 47.5. The Balaban J connectivity index is 1.66. The smallest absolute Gasteiger partial charge is 0.220 e. The number of nitrogens with one attached hydrogen (secondary N) is 1. The van der Waals surface area contributed by atoms with Gasteiger partial charge >= 0.3 is 0 Å². The Morgan fingerprint density at radius 2 is 0.810 bits per heavy atom. The van der Waals surface area contributed by atoms with Crippen LogP contribution >= 0.6 is 0 Å². The highest BCUT2D eigenvalue weighted by Crippen LogP contribution is 2.30. The summed E-state index contributed by atoms with van der Waals surface area (Å²) in [5, 5.41) is 87.1. The average Bonchev–Trinajstić information content (AvgIpc) is 3.48. The summed E-state index contributed by atoms with van der Waals surface area (Å²) in [5.74, 6) is -0.251. The molecule has 2 aliphatic heterocycles. The molecule has 0 saturated carbocycles. The number of unbranched alkanes of at least 4 members (excludes halogenated alkanes) is 33. The molecule has 0 aliphatic carbocycles. The van der Waals surface area contributed by atoms with Crippen LogP contribution < -0.4 is 5.32 Å². The maximum atomic E-state index is 13.3. The Morgan fingerprint density at radius 1 is 0.443 bits per heavy atom. The van der Waals surface area contributed by atoms with Crippen molar-refractivity contribution >= 4 is 5.91 Å². The van der Waals surface area contributed by atoms with E-state index in [0.717, 1.165) is 44.9 Å². The van der Waals surface area contributed by atoms with Crippen molar-refractivity contribution in [2.75, 3.05) is 19.8 Å². The molecule has 0 bridgehead atoms. The van der Waals surface area contributed by atoms with Crippen LogP contribution in [0.25, 0.3) is 0 Å². The maximum absolute atomic E-state index is 13.3. The maximum Gasteiger partial charge on any atom is 0.220 e. The van der Waals surface area contributed by atoms with E-state index < -0.39 is 86.8 Å². The fraction of sp³-hybridized carbons (Fsp3) is 0.862. The molecule has 0 radical (unpaired) electrons. The van der Waals surface area contributed by atoms with Crippen LogP contribution in [0.2, 0.25) is 0 Å². The van der Waals surface area contributed by atoms with E-state index in [0.29, 0.717) is 12.8 Å². The van der Waals surface area contributed by atoms with Gasteiger partial charge in [0.2, 0.25) is 5.91 Å². The molecule has 14 nitrogen and oxygen atoms in total. The van der Waals surface area contributed by atoms with E-state index in [-0.39, 0.29) is 18.9 Å². The number of carbonyl (C=O) groups is 1. The van der Waals surface area contributed by atoms with Crippen LogP contribution in [0.3, 0.4) is 0 Å². The number of carbonyl (C=O) groups excluding carboxylic acids is 1. The number of allylic oxidation sites excluding steroid dienone is 7. The van der Waals surface area contributed by atoms with Gasteiger partial charge in [0.05, 0.1) is 32.0 Å². The summed E-state index contributed by atoms with van der Waals surface area (Å²) >= 11 is 0. The first-order chi connectivity index (χ1) is 38.6. The van der Waals surface area contributed by atoms with Gasteiger partial charge in [-0.15, -0.1) is 0 Å². The van der Waals surface area contributed by atoms with Crippen molar-refractivity contribution in [2.24, 2.45) is 0 Å². The molecule has 0 aromatic rings. The molecule has 0 spiro atoms. The Kier molecular flexibility index (Phi) is 46.7. The molecule has 0 aromatic heterocycles. The Labute approximate surface area is 480 Å². The van der Waals surface area contributed by atoms with E-state index in [1.165, 1.54) is 186 Å². The highest BCUT2D eigenvalue weighted by molar-refractivity contribution is 5.76. The lowest BCUT2D eigenvalue weighted by atomic mass is 9.97. The van der Waals surface area contributed by atoms with Crippen LogP contribution in [0.1, 0.15) is 264 Å². The molecular weight excluding hydrogens is 1000 g/mol. The molecule has 2 heterocycles. The highest BCUT2D eigenvalue weighted by atomic mass is 16.7. The van der Waals surface area contributed by atoms with E-state index in [2.05, 4.69) is 55.6 Å². The molecule has 2 aliphatic rings. The van der Waals surface area contributed by atoms with Gasteiger partial charge in [-0.3, -0.25) is 4.79 Å². The summed E-state index contributed by atoms with van der Waals surface area (Å²) in [4.78, 5) is 13.3. The second-order valence-electron chi connectivity index (χ2n) is 22.9. The number of rotatable bonds is 52. The second-order valence-corrected chi connectivity index (χ2v) is 22.9. The monoisotopic (exact) mass is 1120 g/mol. The predicted molar refractivity (Wildman–Crippen MR) is 318 cm³/mol. The SMILES string of the molecule is CCCCCC/C=C/CC/C=C/CC/C=C/C(O)C(COC1OC(CO)C(OC2OC(CO)C(O)C(O)C2O)C(O)C1O)NC(=O)CCCCCCCCCCCCCCCCCCCCC/C=C\CCCCCCCCCC. The van der Waals surface area contributed by atoms with Crippen LogP contribution in [-0.4, -0.2) is 140 Å². The molecule has 12 atom stereocenters. The molecule has 2 rings (SSSR count). The summed E-state index contributed by atoms with van der Waals surface area (Å²) in [6.45, 7) is 2.76.